The predicted molar refractivity (Wildman–Crippen MR) is 92.9 cm³/mol. The van der Waals surface area contributed by atoms with Crippen molar-refractivity contribution in [2.24, 2.45) is 11.8 Å². The Morgan fingerprint density at radius 3 is 2.48 bits per heavy atom. The quantitative estimate of drug-likeness (QED) is 0.676. The van der Waals surface area contributed by atoms with Crippen molar-refractivity contribution in [3.8, 4) is 0 Å². The maximum atomic E-state index is 5.22. The summed E-state index contributed by atoms with van der Waals surface area (Å²) in [5.74, 6) is 1.40. The van der Waals surface area contributed by atoms with Crippen LogP contribution in [-0.4, -0.2) is 38.3 Å². The molecule has 122 valence electrons. The van der Waals surface area contributed by atoms with Crippen LogP contribution in [-0.2, 0) is 17.8 Å². The lowest BCUT2D eigenvalue weighted by atomic mass is 10.2. The van der Waals surface area contributed by atoms with Gasteiger partial charge in [-0.05, 0) is 30.5 Å². The van der Waals surface area contributed by atoms with Crippen molar-refractivity contribution < 1.29 is 4.74 Å². The minimum atomic E-state index is 0.689. The van der Waals surface area contributed by atoms with Gasteiger partial charge in [-0.3, -0.25) is 4.90 Å². The maximum absolute atomic E-state index is 5.22. The van der Waals surface area contributed by atoms with Crippen LogP contribution in [0.15, 0.2) is 12.1 Å². The van der Waals surface area contributed by atoms with Crippen LogP contribution in [0.2, 0.25) is 0 Å². The summed E-state index contributed by atoms with van der Waals surface area (Å²) in [4.78, 5) is 5.38. The molecule has 0 aliphatic carbocycles. The first-order chi connectivity index (χ1) is 10.0. The van der Waals surface area contributed by atoms with Crippen LogP contribution in [0.3, 0.4) is 0 Å². The third-order valence-electron chi connectivity index (χ3n) is 3.18. The molecule has 1 aromatic rings. The Kier molecular flexibility index (Phi) is 9.16. The van der Waals surface area contributed by atoms with E-state index in [1.807, 2.05) is 11.3 Å². The van der Waals surface area contributed by atoms with E-state index < -0.39 is 0 Å². The summed E-state index contributed by atoms with van der Waals surface area (Å²) >= 11 is 1.93. The molecule has 0 aliphatic rings. The van der Waals surface area contributed by atoms with E-state index in [1.54, 1.807) is 7.11 Å². The van der Waals surface area contributed by atoms with Crippen LogP contribution >= 0.6 is 11.3 Å². The Morgan fingerprint density at radius 2 is 1.86 bits per heavy atom. The van der Waals surface area contributed by atoms with E-state index in [-0.39, 0.29) is 0 Å². The molecule has 4 heteroatoms. The molecule has 0 atom stereocenters. The van der Waals surface area contributed by atoms with Gasteiger partial charge in [0.25, 0.3) is 0 Å². The number of methoxy groups -OCH3 is 1. The van der Waals surface area contributed by atoms with Crippen LogP contribution in [0.1, 0.15) is 37.4 Å². The lowest BCUT2D eigenvalue weighted by molar-refractivity contribution is 0.136. The summed E-state index contributed by atoms with van der Waals surface area (Å²) in [5.41, 5.74) is 0. The minimum absolute atomic E-state index is 0.689. The standard InChI is InChI=1S/C17H32N2OS/c1-14(2)10-18-11-16-6-7-17(21-16)13-19(8-9-20-5)12-15(3)4/h6-7,14-15,18H,8-13H2,1-5H3. The number of thiophene rings is 1. The first kappa shape index (κ1) is 18.6. The van der Waals surface area contributed by atoms with Crippen LogP contribution in [0.4, 0.5) is 0 Å². The van der Waals surface area contributed by atoms with E-state index in [4.69, 9.17) is 4.74 Å². The van der Waals surface area contributed by atoms with Gasteiger partial charge in [0.05, 0.1) is 6.61 Å². The summed E-state index contributed by atoms with van der Waals surface area (Å²) in [6.07, 6.45) is 0. The molecule has 0 spiro atoms. The lowest BCUT2D eigenvalue weighted by Crippen LogP contribution is -2.30. The Morgan fingerprint density at radius 1 is 1.14 bits per heavy atom. The Balaban J connectivity index is 2.45. The molecule has 0 amide bonds. The average molecular weight is 313 g/mol. The van der Waals surface area contributed by atoms with Gasteiger partial charge >= 0.3 is 0 Å². The zero-order chi connectivity index (χ0) is 15.7. The molecule has 1 heterocycles. The van der Waals surface area contributed by atoms with E-state index in [1.165, 1.54) is 9.75 Å². The molecule has 1 rings (SSSR count). The highest BCUT2D eigenvalue weighted by Gasteiger charge is 2.10. The molecule has 0 radical (unpaired) electrons. The van der Waals surface area contributed by atoms with Crippen molar-refractivity contribution >= 4 is 11.3 Å². The minimum Gasteiger partial charge on any atom is -0.383 e. The largest absolute Gasteiger partial charge is 0.383 e. The predicted octanol–water partition coefficient (Wildman–Crippen LogP) is 3.60. The topological polar surface area (TPSA) is 24.5 Å². The Hall–Kier alpha value is -0.420. The van der Waals surface area contributed by atoms with Gasteiger partial charge in [0.1, 0.15) is 0 Å². The fourth-order valence-corrected chi connectivity index (χ4v) is 3.31. The molecule has 0 fully saturated rings. The number of rotatable bonds is 11. The molecule has 0 saturated carbocycles. The number of nitrogens with zero attached hydrogens (tertiary/aromatic N) is 1. The van der Waals surface area contributed by atoms with E-state index in [2.05, 4.69) is 50.0 Å². The van der Waals surface area contributed by atoms with Crippen LogP contribution in [0.25, 0.3) is 0 Å². The van der Waals surface area contributed by atoms with Crippen LogP contribution in [0, 0.1) is 11.8 Å². The average Bonchev–Trinajstić information content (AvgIpc) is 2.82. The summed E-state index contributed by atoms with van der Waals surface area (Å²) in [6.45, 7) is 15.1. The lowest BCUT2D eigenvalue weighted by Gasteiger charge is -2.23. The highest BCUT2D eigenvalue weighted by atomic mass is 32.1. The van der Waals surface area contributed by atoms with Gasteiger partial charge in [0.15, 0.2) is 0 Å². The zero-order valence-corrected chi connectivity index (χ0v) is 15.1. The van der Waals surface area contributed by atoms with Crippen molar-refractivity contribution in [2.75, 3.05) is 33.4 Å². The Labute approximate surface area is 134 Å². The molecule has 1 N–H and O–H groups in total. The summed E-state index contributed by atoms with van der Waals surface area (Å²) in [7, 11) is 1.77. The third kappa shape index (κ3) is 8.57. The van der Waals surface area contributed by atoms with Gasteiger partial charge in [-0.15, -0.1) is 11.3 Å². The summed E-state index contributed by atoms with van der Waals surface area (Å²) < 4.78 is 5.22. The number of nitrogens with one attached hydrogen (secondary N) is 1. The second kappa shape index (κ2) is 10.3. The highest BCUT2D eigenvalue weighted by Crippen LogP contribution is 2.19. The van der Waals surface area contributed by atoms with E-state index in [0.717, 1.165) is 39.3 Å². The first-order valence-corrected chi connectivity index (χ1v) is 8.82. The van der Waals surface area contributed by atoms with Crippen molar-refractivity contribution in [3.05, 3.63) is 21.9 Å². The van der Waals surface area contributed by atoms with E-state index in [0.29, 0.717) is 11.8 Å². The Bertz CT molecular complexity index is 377. The number of hydrogen-bond acceptors (Lipinski definition) is 4. The van der Waals surface area contributed by atoms with Crippen LogP contribution < -0.4 is 5.32 Å². The smallest absolute Gasteiger partial charge is 0.0589 e. The fraction of sp³-hybridized carbons (Fsp3) is 0.765. The molecule has 21 heavy (non-hydrogen) atoms. The molecule has 0 bridgehead atoms. The summed E-state index contributed by atoms with van der Waals surface area (Å²) in [6, 6.07) is 4.54. The summed E-state index contributed by atoms with van der Waals surface area (Å²) in [5, 5.41) is 3.51. The number of ether oxygens (including phenoxy) is 1. The fourth-order valence-electron chi connectivity index (χ4n) is 2.28. The molecule has 3 nitrogen and oxygen atoms in total. The second-order valence-corrected chi connectivity index (χ2v) is 7.77. The molecule has 1 aromatic heterocycles. The van der Waals surface area contributed by atoms with Crippen molar-refractivity contribution in [1.82, 2.24) is 10.2 Å². The van der Waals surface area contributed by atoms with Gasteiger partial charge in [0.2, 0.25) is 0 Å². The van der Waals surface area contributed by atoms with Gasteiger partial charge < -0.3 is 10.1 Å². The molecular weight excluding hydrogens is 280 g/mol. The highest BCUT2D eigenvalue weighted by molar-refractivity contribution is 7.11. The second-order valence-electron chi connectivity index (χ2n) is 6.51. The monoisotopic (exact) mass is 312 g/mol. The van der Waals surface area contributed by atoms with Crippen molar-refractivity contribution in [1.29, 1.82) is 0 Å². The molecule has 0 aliphatic heterocycles. The maximum Gasteiger partial charge on any atom is 0.0589 e. The van der Waals surface area contributed by atoms with E-state index >= 15 is 0 Å². The third-order valence-corrected chi connectivity index (χ3v) is 4.25. The number of hydrogen-bond donors (Lipinski definition) is 1. The normalized spacial score (nSPS) is 12.0. The van der Waals surface area contributed by atoms with Gasteiger partial charge in [-0.2, -0.15) is 0 Å². The molecular formula is C17H32N2OS. The van der Waals surface area contributed by atoms with E-state index in [9.17, 15) is 0 Å². The molecule has 0 unspecified atom stereocenters. The van der Waals surface area contributed by atoms with Gasteiger partial charge in [-0.25, -0.2) is 0 Å². The van der Waals surface area contributed by atoms with Gasteiger partial charge in [0, 0.05) is 43.0 Å². The van der Waals surface area contributed by atoms with Gasteiger partial charge in [-0.1, -0.05) is 27.7 Å². The SMILES string of the molecule is COCCN(Cc1ccc(CNCC(C)C)s1)CC(C)C. The first-order valence-electron chi connectivity index (χ1n) is 8.00. The van der Waals surface area contributed by atoms with Crippen molar-refractivity contribution in [3.63, 3.8) is 0 Å². The van der Waals surface area contributed by atoms with Crippen LogP contribution in [0.5, 0.6) is 0 Å². The zero-order valence-electron chi connectivity index (χ0n) is 14.3. The molecule has 0 aromatic carbocycles. The van der Waals surface area contributed by atoms with Crippen molar-refractivity contribution in [2.45, 2.75) is 40.8 Å². The molecule has 0 saturated heterocycles.